The van der Waals surface area contributed by atoms with Crippen LogP contribution in [0.1, 0.15) is 31.4 Å². The molecule has 1 aliphatic heterocycles. The van der Waals surface area contributed by atoms with Gasteiger partial charge in [-0.2, -0.15) is 13.2 Å². The molecule has 1 atom stereocenters. The molecule has 0 radical (unpaired) electrons. The number of aliphatic hydroxyl groups is 1. The summed E-state index contributed by atoms with van der Waals surface area (Å²) in [5.74, 6) is -1.07. The third kappa shape index (κ3) is 4.83. The zero-order valence-corrected chi connectivity index (χ0v) is 19.0. The molecule has 2 aromatic carbocycles. The highest BCUT2D eigenvalue weighted by atomic mass is 19.4. The highest BCUT2D eigenvalue weighted by Gasteiger charge is 2.51. The van der Waals surface area contributed by atoms with Gasteiger partial charge in [0.25, 0.3) is 0 Å². The minimum absolute atomic E-state index is 0.0141. The molecule has 1 heterocycles. The first-order valence-corrected chi connectivity index (χ1v) is 10.6. The van der Waals surface area contributed by atoms with E-state index in [-0.39, 0.29) is 37.1 Å². The van der Waals surface area contributed by atoms with Crippen LogP contribution in [0.25, 0.3) is 0 Å². The van der Waals surface area contributed by atoms with Crippen LogP contribution in [-0.2, 0) is 22.4 Å². The number of carbonyl (C=O) groups excluding carboxylic acids is 2. The first-order chi connectivity index (χ1) is 15.4. The maximum atomic E-state index is 13.5. The van der Waals surface area contributed by atoms with E-state index in [1.165, 1.54) is 15.9 Å². The van der Waals surface area contributed by atoms with Gasteiger partial charge < -0.3 is 20.2 Å². The van der Waals surface area contributed by atoms with Gasteiger partial charge in [-0.3, -0.25) is 9.59 Å². The van der Waals surface area contributed by atoms with Gasteiger partial charge in [-0.15, -0.1) is 0 Å². The van der Waals surface area contributed by atoms with E-state index in [0.717, 1.165) is 12.1 Å². The molecule has 33 heavy (non-hydrogen) atoms. The van der Waals surface area contributed by atoms with E-state index in [4.69, 9.17) is 0 Å². The van der Waals surface area contributed by atoms with Gasteiger partial charge >= 0.3 is 6.18 Å². The number of para-hydroxylation sites is 1. The molecular weight excluding hydrogens is 435 g/mol. The molecule has 0 aliphatic carbocycles. The van der Waals surface area contributed by atoms with Crippen molar-refractivity contribution in [3.05, 3.63) is 53.6 Å². The second-order valence-corrected chi connectivity index (χ2v) is 8.87. The number of hydrogen-bond donors (Lipinski definition) is 2. The third-order valence-electron chi connectivity index (χ3n) is 6.24. The Balaban J connectivity index is 1.96. The summed E-state index contributed by atoms with van der Waals surface area (Å²) < 4.78 is 40.2. The Kier molecular flexibility index (Phi) is 6.74. The smallest absolute Gasteiger partial charge is 0.392 e. The lowest BCUT2D eigenvalue weighted by Crippen LogP contribution is -2.43. The van der Waals surface area contributed by atoms with Crippen molar-refractivity contribution >= 4 is 28.9 Å². The monoisotopic (exact) mass is 463 g/mol. The Morgan fingerprint density at radius 3 is 2.45 bits per heavy atom. The van der Waals surface area contributed by atoms with Crippen LogP contribution in [0.5, 0.6) is 0 Å². The predicted octanol–water partition coefficient (Wildman–Crippen LogP) is 4.28. The summed E-state index contributed by atoms with van der Waals surface area (Å²) >= 11 is 0. The highest BCUT2D eigenvalue weighted by Crippen LogP contribution is 2.43. The van der Waals surface area contributed by atoms with E-state index in [2.05, 4.69) is 5.32 Å². The fourth-order valence-corrected chi connectivity index (χ4v) is 4.08. The van der Waals surface area contributed by atoms with E-state index < -0.39 is 23.1 Å². The molecule has 3 rings (SSSR count). The molecule has 178 valence electrons. The molecular formula is C24H28F3N3O3. The van der Waals surface area contributed by atoms with E-state index >= 15 is 0 Å². The van der Waals surface area contributed by atoms with Crippen molar-refractivity contribution < 1.29 is 27.9 Å². The Hall–Kier alpha value is -3.07. The summed E-state index contributed by atoms with van der Waals surface area (Å²) in [5, 5.41) is 12.3. The molecule has 1 saturated heterocycles. The van der Waals surface area contributed by atoms with Crippen LogP contribution in [0, 0.1) is 11.3 Å². The van der Waals surface area contributed by atoms with E-state index in [9.17, 15) is 27.9 Å². The number of nitrogens with zero attached hydrogens (tertiary/aromatic N) is 2. The first kappa shape index (κ1) is 24.6. The van der Waals surface area contributed by atoms with Crippen molar-refractivity contribution in [1.82, 2.24) is 0 Å². The number of anilines is 3. The molecule has 0 bridgehead atoms. The second kappa shape index (κ2) is 9.05. The lowest BCUT2D eigenvalue weighted by atomic mass is 9.75. The van der Waals surface area contributed by atoms with E-state index in [1.54, 1.807) is 38.4 Å². The number of hydrogen-bond acceptors (Lipinski definition) is 4. The van der Waals surface area contributed by atoms with Crippen molar-refractivity contribution in [3.8, 4) is 0 Å². The zero-order valence-electron chi connectivity index (χ0n) is 19.0. The molecule has 1 unspecified atom stereocenters. The molecule has 6 nitrogen and oxygen atoms in total. The normalized spacial score (nSPS) is 18.7. The number of amides is 2. The maximum Gasteiger partial charge on any atom is 0.416 e. The van der Waals surface area contributed by atoms with Crippen LogP contribution in [0.4, 0.5) is 30.2 Å². The van der Waals surface area contributed by atoms with Gasteiger partial charge in [0.2, 0.25) is 11.8 Å². The summed E-state index contributed by atoms with van der Waals surface area (Å²) in [6.45, 7) is 3.42. The molecule has 0 saturated carbocycles. The Morgan fingerprint density at radius 1 is 1.21 bits per heavy atom. The van der Waals surface area contributed by atoms with Gasteiger partial charge in [0.05, 0.1) is 17.6 Å². The van der Waals surface area contributed by atoms with Crippen LogP contribution < -0.4 is 15.1 Å². The maximum absolute atomic E-state index is 13.5. The van der Waals surface area contributed by atoms with Crippen LogP contribution >= 0.6 is 0 Å². The first-order valence-electron chi connectivity index (χ1n) is 10.6. The molecule has 9 heteroatoms. The number of benzene rings is 2. The van der Waals surface area contributed by atoms with Gasteiger partial charge in [-0.05, 0) is 30.2 Å². The number of rotatable bonds is 6. The summed E-state index contributed by atoms with van der Waals surface area (Å²) in [7, 11) is 3.23. The van der Waals surface area contributed by atoms with Crippen molar-refractivity contribution in [2.45, 2.75) is 33.1 Å². The van der Waals surface area contributed by atoms with E-state index in [0.29, 0.717) is 16.9 Å². The largest absolute Gasteiger partial charge is 0.416 e. The summed E-state index contributed by atoms with van der Waals surface area (Å²) in [5.41, 5.74) is -0.635. The van der Waals surface area contributed by atoms with Gasteiger partial charge in [-0.1, -0.05) is 32.0 Å². The molecule has 2 amide bonds. The standard InChI is InChI=1S/C24H28F3N3O3/c1-15(2)23(12-21(32)30(14-23)20-8-6-5-7-16(20)13-31)22(33)28-18-9-17(24(25,26)27)10-19(11-18)29(3)4/h5-11,15,31H,12-14H2,1-4H3,(H,28,33). The topological polar surface area (TPSA) is 72.9 Å². The molecule has 0 spiro atoms. The van der Waals surface area contributed by atoms with Gasteiger partial charge in [0.15, 0.2) is 0 Å². The Morgan fingerprint density at radius 2 is 1.88 bits per heavy atom. The minimum Gasteiger partial charge on any atom is -0.392 e. The Bertz CT molecular complexity index is 1050. The number of nitrogens with one attached hydrogen (secondary N) is 1. The van der Waals surface area contributed by atoms with E-state index in [1.807, 2.05) is 13.8 Å². The average molecular weight is 464 g/mol. The number of alkyl halides is 3. The molecule has 0 aromatic heterocycles. The van der Waals surface area contributed by atoms with Gasteiger partial charge in [-0.25, -0.2) is 0 Å². The third-order valence-corrected chi connectivity index (χ3v) is 6.24. The summed E-state index contributed by atoms with van der Waals surface area (Å²) in [6, 6.07) is 10.3. The number of halogens is 3. The van der Waals surface area contributed by atoms with Gasteiger partial charge in [0.1, 0.15) is 0 Å². The van der Waals surface area contributed by atoms with Crippen LogP contribution in [0.15, 0.2) is 42.5 Å². The summed E-state index contributed by atoms with van der Waals surface area (Å²) in [4.78, 5) is 29.4. The highest BCUT2D eigenvalue weighted by molar-refractivity contribution is 6.06. The zero-order chi connectivity index (χ0) is 24.6. The lowest BCUT2D eigenvalue weighted by Gasteiger charge is -2.32. The molecule has 1 fully saturated rings. The second-order valence-electron chi connectivity index (χ2n) is 8.87. The predicted molar refractivity (Wildman–Crippen MR) is 121 cm³/mol. The SMILES string of the molecule is CC(C)C1(C(=O)Nc2cc(N(C)C)cc(C(F)(F)F)c2)CC(=O)N(c2ccccc2CO)C1. The fraction of sp³-hybridized carbons (Fsp3) is 0.417. The van der Waals surface area contributed by atoms with Gasteiger partial charge in [0, 0.05) is 49.7 Å². The summed E-state index contributed by atoms with van der Waals surface area (Å²) in [6.07, 6.45) is -4.66. The molecule has 2 aromatic rings. The molecule has 2 N–H and O–H groups in total. The Labute approximate surface area is 191 Å². The molecule has 1 aliphatic rings. The number of carbonyl (C=O) groups is 2. The van der Waals surface area contributed by atoms with Crippen molar-refractivity contribution in [2.24, 2.45) is 11.3 Å². The van der Waals surface area contributed by atoms with Crippen molar-refractivity contribution in [3.63, 3.8) is 0 Å². The van der Waals surface area contributed by atoms with Crippen molar-refractivity contribution in [1.29, 1.82) is 0 Å². The minimum atomic E-state index is -4.57. The number of aliphatic hydroxyl groups excluding tert-OH is 1. The van der Waals surface area contributed by atoms with Crippen molar-refractivity contribution in [2.75, 3.05) is 35.8 Å². The van der Waals surface area contributed by atoms with Crippen LogP contribution in [0.2, 0.25) is 0 Å². The quantitative estimate of drug-likeness (QED) is 0.671. The van der Waals surface area contributed by atoms with Crippen LogP contribution in [-0.4, -0.2) is 37.6 Å². The fourth-order valence-electron chi connectivity index (χ4n) is 4.08. The van der Waals surface area contributed by atoms with Crippen LogP contribution in [0.3, 0.4) is 0 Å². The lowest BCUT2D eigenvalue weighted by molar-refractivity contribution is -0.137. The average Bonchev–Trinajstić information content (AvgIpc) is 3.11.